The van der Waals surface area contributed by atoms with E-state index in [4.69, 9.17) is 0 Å². The first-order valence-corrected chi connectivity index (χ1v) is 8.28. The van der Waals surface area contributed by atoms with Gasteiger partial charge in [0.15, 0.2) is 0 Å². The number of thiophene rings is 1. The fraction of sp³-hybridized carbons (Fsp3) is 0.250. The summed E-state index contributed by atoms with van der Waals surface area (Å²) in [6, 6.07) is 3.68. The van der Waals surface area contributed by atoms with Crippen LogP contribution in [-0.2, 0) is 16.2 Å². The second kappa shape index (κ2) is 5.76. The molecule has 0 spiro atoms. The van der Waals surface area contributed by atoms with Crippen LogP contribution in [0.25, 0.3) is 0 Å². The lowest BCUT2D eigenvalue weighted by Crippen LogP contribution is -2.14. The Morgan fingerprint density at radius 2 is 1.95 bits per heavy atom. The molecule has 0 unspecified atom stereocenters. The van der Waals surface area contributed by atoms with Crippen LogP contribution in [0.5, 0.6) is 0 Å². The minimum Gasteiger partial charge on any atom is -0.363 e. The minimum atomic E-state index is -4.56. The molecular weight excluding hydrogens is 339 g/mol. The molecule has 0 atom stereocenters. The number of aromatic nitrogens is 1. The Morgan fingerprint density at radius 1 is 1.27 bits per heavy atom. The molecule has 2 aromatic heterocycles. The van der Waals surface area contributed by atoms with Crippen LogP contribution in [0, 0.1) is 0 Å². The van der Waals surface area contributed by atoms with E-state index in [2.05, 4.69) is 9.71 Å². The van der Waals surface area contributed by atoms with E-state index in [0.29, 0.717) is 23.2 Å². The molecule has 0 fully saturated rings. The Morgan fingerprint density at radius 3 is 2.41 bits per heavy atom. The molecule has 0 aromatic carbocycles. The van der Waals surface area contributed by atoms with Crippen molar-refractivity contribution in [3.05, 3.63) is 34.7 Å². The quantitative estimate of drug-likeness (QED) is 0.920. The van der Waals surface area contributed by atoms with Gasteiger partial charge in [-0.3, -0.25) is 4.72 Å². The van der Waals surface area contributed by atoms with E-state index in [9.17, 15) is 21.6 Å². The van der Waals surface area contributed by atoms with E-state index in [0.717, 1.165) is 5.38 Å². The maximum absolute atomic E-state index is 12.5. The van der Waals surface area contributed by atoms with Crippen molar-refractivity contribution in [2.24, 2.45) is 0 Å². The number of anilines is 2. The third-order valence-electron chi connectivity index (χ3n) is 2.62. The van der Waals surface area contributed by atoms with Gasteiger partial charge < -0.3 is 4.90 Å². The second-order valence-corrected chi connectivity index (χ2v) is 7.14. The third kappa shape index (κ3) is 3.69. The number of hydrogen-bond acceptors (Lipinski definition) is 5. The smallest absolute Gasteiger partial charge is 0.363 e. The summed E-state index contributed by atoms with van der Waals surface area (Å²) in [6.45, 7) is 0. The summed E-state index contributed by atoms with van der Waals surface area (Å²) in [7, 11) is -0.531. The second-order valence-electron chi connectivity index (χ2n) is 4.55. The maximum atomic E-state index is 12.5. The van der Waals surface area contributed by atoms with E-state index in [1.165, 1.54) is 12.3 Å². The highest BCUT2D eigenvalue weighted by Crippen LogP contribution is 2.35. The molecule has 0 saturated carbocycles. The highest BCUT2D eigenvalue weighted by Gasteiger charge is 2.34. The zero-order valence-corrected chi connectivity index (χ0v) is 13.2. The van der Waals surface area contributed by atoms with Crippen LogP contribution in [0.2, 0.25) is 0 Å². The molecule has 22 heavy (non-hydrogen) atoms. The summed E-state index contributed by atoms with van der Waals surface area (Å²) in [6.07, 6.45) is -3.27. The molecule has 2 heterocycles. The summed E-state index contributed by atoms with van der Waals surface area (Å²) < 4.78 is 63.8. The zero-order chi connectivity index (χ0) is 16.5. The lowest BCUT2D eigenvalue weighted by atomic mass is 10.4. The lowest BCUT2D eigenvalue weighted by Gasteiger charge is -2.12. The van der Waals surface area contributed by atoms with Crippen molar-refractivity contribution in [3.63, 3.8) is 0 Å². The van der Waals surface area contributed by atoms with Crippen LogP contribution in [0.15, 0.2) is 34.7 Å². The molecule has 5 nitrogen and oxygen atoms in total. The van der Waals surface area contributed by atoms with Gasteiger partial charge in [-0.15, -0.1) is 11.3 Å². The van der Waals surface area contributed by atoms with E-state index in [1.807, 2.05) is 0 Å². The Balaban J connectivity index is 2.22. The predicted octanol–water partition coefficient (Wildman–Crippen LogP) is 3.03. The van der Waals surface area contributed by atoms with Crippen molar-refractivity contribution in [2.75, 3.05) is 23.7 Å². The van der Waals surface area contributed by atoms with Gasteiger partial charge in [0.2, 0.25) is 0 Å². The molecule has 0 radical (unpaired) electrons. The summed E-state index contributed by atoms with van der Waals surface area (Å²) in [5.41, 5.74) is 0.172. The molecule has 0 amide bonds. The Bertz CT molecular complexity index is 753. The van der Waals surface area contributed by atoms with Gasteiger partial charge in [0.25, 0.3) is 10.0 Å². The fourth-order valence-corrected chi connectivity index (χ4v) is 3.72. The average Bonchev–Trinajstić information content (AvgIpc) is 2.89. The number of sulfonamides is 1. The first-order valence-electron chi connectivity index (χ1n) is 5.91. The Labute approximate surface area is 129 Å². The number of halogens is 3. The van der Waals surface area contributed by atoms with Gasteiger partial charge in [-0.25, -0.2) is 13.4 Å². The minimum absolute atomic E-state index is 0.172. The highest BCUT2D eigenvalue weighted by atomic mass is 32.2. The van der Waals surface area contributed by atoms with E-state index < -0.39 is 26.0 Å². The molecule has 2 rings (SSSR count). The van der Waals surface area contributed by atoms with Crippen molar-refractivity contribution in [2.45, 2.75) is 11.1 Å². The first-order chi connectivity index (χ1) is 10.1. The maximum Gasteiger partial charge on any atom is 0.425 e. The molecule has 2 aromatic rings. The summed E-state index contributed by atoms with van der Waals surface area (Å²) in [5.74, 6) is 0.623. The van der Waals surface area contributed by atoms with Crippen LogP contribution in [0.1, 0.15) is 4.88 Å². The Kier molecular flexibility index (Phi) is 4.34. The standard InChI is InChI=1S/C12H12F3N3O2S2/c1-18(2)11-4-3-8(6-16-11)17-22(19,20)9-5-10(21-7-9)12(13,14)15/h3-7,17H,1-2H3. The van der Waals surface area contributed by atoms with Gasteiger partial charge in [-0.1, -0.05) is 0 Å². The number of alkyl halides is 3. The Hall–Kier alpha value is -1.81. The molecule has 120 valence electrons. The van der Waals surface area contributed by atoms with Crippen LogP contribution >= 0.6 is 11.3 Å². The van der Waals surface area contributed by atoms with Gasteiger partial charge in [0, 0.05) is 19.5 Å². The molecule has 0 aliphatic rings. The zero-order valence-electron chi connectivity index (χ0n) is 11.5. The van der Waals surface area contributed by atoms with E-state index in [1.54, 1.807) is 25.1 Å². The molecule has 0 aliphatic heterocycles. The van der Waals surface area contributed by atoms with Gasteiger partial charge in [0.05, 0.1) is 16.8 Å². The normalized spacial score (nSPS) is 12.2. The summed E-state index contributed by atoms with van der Waals surface area (Å²) in [5, 5.41) is 0.951. The SMILES string of the molecule is CN(C)c1ccc(NS(=O)(=O)c2csc(C(F)(F)F)c2)cn1. The van der Waals surface area contributed by atoms with Crippen LogP contribution < -0.4 is 9.62 Å². The number of pyridine rings is 1. The highest BCUT2D eigenvalue weighted by molar-refractivity contribution is 7.92. The van der Waals surface area contributed by atoms with Crippen molar-refractivity contribution >= 4 is 32.9 Å². The van der Waals surface area contributed by atoms with Gasteiger partial charge in [-0.2, -0.15) is 13.2 Å². The van der Waals surface area contributed by atoms with Gasteiger partial charge in [-0.05, 0) is 18.2 Å². The lowest BCUT2D eigenvalue weighted by molar-refractivity contribution is -0.134. The van der Waals surface area contributed by atoms with Crippen LogP contribution in [0.4, 0.5) is 24.7 Å². The third-order valence-corrected chi connectivity index (χ3v) is 5.11. The monoisotopic (exact) mass is 351 g/mol. The number of nitrogens with zero attached hydrogens (tertiary/aromatic N) is 2. The number of rotatable bonds is 4. The molecular formula is C12H12F3N3O2S2. The van der Waals surface area contributed by atoms with E-state index in [-0.39, 0.29) is 5.69 Å². The fourth-order valence-electron chi connectivity index (χ4n) is 1.53. The number of nitrogens with one attached hydrogen (secondary N) is 1. The molecule has 10 heteroatoms. The summed E-state index contributed by atoms with van der Waals surface area (Å²) >= 11 is 0.334. The van der Waals surface area contributed by atoms with Gasteiger partial charge in [0.1, 0.15) is 10.7 Å². The van der Waals surface area contributed by atoms with Gasteiger partial charge >= 0.3 is 6.18 Å². The average molecular weight is 351 g/mol. The molecule has 1 N–H and O–H groups in total. The molecule has 0 aliphatic carbocycles. The topological polar surface area (TPSA) is 62.3 Å². The van der Waals surface area contributed by atoms with Crippen molar-refractivity contribution in [1.82, 2.24) is 4.98 Å². The molecule has 0 bridgehead atoms. The van der Waals surface area contributed by atoms with Crippen molar-refractivity contribution in [1.29, 1.82) is 0 Å². The van der Waals surface area contributed by atoms with Crippen molar-refractivity contribution < 1.29 is 21.6 Å². The van der Waals surface area contributed by atoms with Crippen LogP contribution in [0.3, 0.4) is 0 Å². The summed E-state index contributed by atoms with van der Waals surface area (Å²) in [4.78, 5) is 4.36. The first kappa shape index (κ1) is 16.6. The predicted molar refractivity (Wildman–Crippen MR) is 78.7 cm³/mol. The van der Waals surface area contributed by atoms with E-state index >= 15 is 0 Å². The van der Waals surface area contributed by atoms with Crippen molar-refractivity contribution in [3.8, 4) is 0 Å². The largest absolute Gasteiger partial charge is 0.425 e. The number of hydrogen-bond donors (Lipinski definition) is 1. The molecule has 0 saturated heterocycles. The van der Waals surface area contributed by atoms with Crippen LogP contribution in [-0.4, -0.2) is 27.5 Å².